The summed E-state index contributed by atoms with van der Waals surface area (Å²) in [7, 11) is 0. The molecule has 0 saturated carbocycles. The van der Waals surface area contributed by atoms with E-state index in [2.05, 4.69) is 10.00 Å². The third kappa shape index (κ3) is 3.82. The van der Waals surface area contributed by atoms with Gasteiger partial charge in [0, 0.05) is 31.5 Å². The van der Waals surface area contributed by atoms with Crippen LogP contribution in [0.25, 0.3) is 0 Å². The summed E-state index contributed by atoms with van der Waals surface area (Å²) in [6, 6.07) is 4.91. The molecule has 0 N–H and O–H groups in total. The number of carbonyl (C=O) groups excluding carboxylic acids is 1. The first-order chi connectivity index (χ1) is 12.1. The van der Waals surface area contributed by atoms with Crippen molar-refractivity contribution < 1.29 is 18.7 Å². The normalized spacial score (nSPS) is 15.9. The van der Waals surface area contributed by atoms with Crippen LogP contribution in [0.1, 0.15) is 35.9 Å². The number of esters is 1. The van der Waals surface area contributed by atoms with Gasteiger partial charge < -0.3 is 14.4 Å². The van der Waals surface area contributed by atoms with Gasteiger partial charge in [-0.3, -0.25) is 4.68 Å². The van der Waals surface area contributed by atoms with Crippen LogP contribution in [0.5, 0.6) is 0 Å². The zero-order valence-corrected chi connectivity index (χ0v) is 14.4. The fourth-order valence-corrected chi connectivity index (χ4v) is 2.94. The average Bonchev–Trinajstić information content (AvgIpc) is 3.11. The molecule has 2 aromatic rings. The summed E-state index contributed by atoms with van der Waals surface area (Å²) < 4.78 is 27.0. The zero-order chi connectivity index (χ0) is 17.8. The Kier molecular flexibility index (Phi) is 5.33. The standard InChI is InChI=1S/C18H22FN3O3/c1-3-22-12-14(11-20-22)18(23)25-13(2)17-15(19)5-4-6-16(17)21-7-9-24-10-8-21/h4-6,11-13H,3,7-10H2,1-2H3/t13-/m0/s1. The molecule has 1 aliphatic heterocycles. The first kappa shape index (κ1) is 17.4. The van der Waals surface area contributed by atoms with Crippen molar-refractivity contribution in [3.05, 3.63) is 47.5 Å². The minimum atomic E-state index is -0.712. The Morgan fingerprint density at radius 3 is 2.84 bits per heavy atom. The number of nitrogens with zero attached hydrogens (tertiary/aromatic N) is 3. The molecule has 134 valence electrons. The Morgan fingerprint density at radius 1 is 1.40 bits per heavy atom. The second-order valence-electron chi connectivity index (χ2n) is 5.90. The molecule has 0 amide bonds. The minimum Gasteiger partial charge on any atom is -0.454 e. The lowest BCUT2D eigenvalue weighted by Gasteiger charge is -2.31. The van der Waals surface area contributed by atoms with Gasteiger partial charge in [0.2, 0.25) is 0 Å². The molecule has 1 aromatic carbocycles. The topological polar surface area (TPSA) is 56.6 Å². The molecular weight excluding hydrogens is 325 g/mol. The van der Waals surface area contributed by atoms with Crippen LogP contribution in [0, 0.1) is 5.82 Å². The summed E-state index contributed by atoms with van der Waals surface area (Å²) in [5.74, 6) is -0.892. The molecule has 2 heterocycles. The Morgan fingerprint density at radius 2 is 2.16 bits per heavy atom. The molecule has 0 radical (unpaired) electrons. The Hall–Kier alpha value is -2.41. The van der Waals surface area contributed by atoms with E-state index in [1.165, 1.54) is 12.3 Å². The summed E-state index contributed by atoms with van der Waals surface area (Å²) in [5.41, 5.74) is 1.49. The van der Waals surface area contributed by atoms with Crippen LogP contribution in [0.15, 0.2) is 30.6 Å². The van der Waals surface area contributed by atoms with E-state index in [1.54, 1.807) is 23.9 Å². The summed E-state index contributed by atoms with van der Waals surface area (Å²) in [6.07, 6.45) is 2.37. The smallest absolute Gasteiger partial charge is 0.341 e. The number of ether oxygens (including phenoxy) is 2. The summed E-state index contributed by atoms with van der Waals surface area (Å²) >= 11 is 0. The summed E-state index contributed by atoms with van der Waals surface area (Å²) in [4.78, 5) is 14.4. The van der Waals surface area contributed by atoms with E-state index in [-0.39, 0.29) is 5.82 Å². The molecule has 0 unspecified atom stereocenters. The fraction of sp³-hybridized carbons (Fsp3) is 0.444. The first-order valence-electron chi connectivity index (χ1n) is 8.44. The maximum absolute atomic E-state index is 14.5. The highest BCUT2D eigenvalue weighted by atomic mass is 19.1. The third-order valence-electron chi connectivity index (χ3n) is 4.26. The highest BCUT2D eigenvalue weighted by Gasteiger charge is 2.24. The van der Waals surface area contributed by atoms with Crippen LogP contribution in [0.3, 0.4) is 0 Å². The van der Waals surface area contributed by atoms with Crippen LogP contribution in [0.4, 0.5) is 10.1 Å². The van der Waals surface area contributed by atoms with Crippen molar-refractivity contribution in [2.75, 3.05) is 31.2 Å². The summed E-state index contributed by atoms with van der Waals surface area (Å²) in [6.45, 7) is 6.84. The van der Waals surface area contributed by atoms with Crippen LogP contribution in [-0.2, 0) is 16.0 Å². The lowest BCUT2D eigenvalue weighted by Crippen LogP contribution is -2.37. The Bertz CT molecular complexity index is 741. The predicted octanol–water partition coefficient (Wildman–Crippen LogP) is 2.80. The maximum Gasteiger partial charge on any atom is 0.341 e. The minimum absolute atomic E-state index is 0.359. The van der Waals surface area contributed by atoms with Crippen molar-refractivity contribution in [3.63, 3.8) is 0 Å². The van der Waals surface area contributed by atoms with Gasteiger partial charge in [-0.25, -0.2) is 9.18 Å². The van der Waals surface area contributed by atoms with Crippen molar-refractivity contribution in [2.45, 2.75) is 26.5 Å². The fourth-order valence-electron chi connectivity index (χ4n) is 2.94. The molecule has 1 saturated heterocycles. The van der Waals surface area contributed by atoms with E-state index in [0.29, 0.717) is 44.0 Å². The lowest BCUT2D eigenvalue weighted by atomic mass is 10.1. The van der Waals surface area contributed by atoms with E-state index < -0.39 is 12.1 Å². The number of aromatic nitrogens is 2. The molecule has 1 aliphatic rings. The van der Waals surface area contributed by atoms with Crippen molar-refractivity contribution in [2.24, 2.45) is 0 Å². The molecule has 1 fully saturated rings. The van der Waals surface area contributed by atoms with Crippen LogP contribution in [-0.4, -0.2) is 42.1 Å². The molecule has 1 aromatic heterocycles. The van der Waals surface area contributed by atoms with Gasteiger partial charge in [0.25, 0.3) is 0 Å². The van der Waals surface area contributed by atoms with Gasteiger partial charge in [-0.15, -0.1) is 0 Å². The number of morpholine rings is 1. The molecule has 0 bridgehead atoms. The number of carbonyl (C=O) groups is 1. The van der Waals surface area contributed by atoms with Gasteiger partial charge >= 0.3 is 5.97 Å². The predicted molar refractivity (Wildman–Crippen MR) is 91.2 cm³/mol. The number of hydrogen-bond donors (Lipinski definition) is 0. The number of benzene rings is 1. The van der Waals surface area contributed by atoms with Crippen molar-refractivity contribution >= 4 is 11.7 Å². The molecular formula is C18H22FN3O3. The van der Waals surface area contributed by atoms with Gasteiger partial charge in [0.1, 0.15) is 11.9 Å². The molecule has 0 aliphatic carbocycles. The number of halogens is 1. The van der Waals surface area contributed by atoms with Crippen LogP contribution < -0.4 is 4.90 Å². The van der Waals surface area contributed by atoms with E-state index in [9.17, 15) is 9.18 Å². The van der Waals surface area contributed by atoms with E-state index in [1.807, 2.05) is 13.0 Å². The number of aryl methyl sites for hydroxylation is 1. The van der Waals surface area contributed by atoms with E-state index in [4.69, 9.17) is 9.47 Å². The van der Waals surface area contributed by atoms with Gasteiger partial charge in [-0.2, -0.15) is 5.10 Å². The lowest BCUT2D eigenvalue weighted by molar-refractivity contribution is 0.0331. The quantitative estimate of drug-likeness (QED) is 0.779. The summed E-state index contributed by atoms with van der Waals surface area (Å²) in [5, 5.41) is 4.06. The van der Waals surface area contributed by atoms with E-state index >= 15 is 0 Å². The highest BCUT2D eigenvalue weighted by Crippen LogP contribution is 2.32. The molecule has 25 heavy (non-hydrogen) atoms. The van der Waals surface area contributed by atoms with Gasteiger partial charge in [-0.1, -0.05) is 6.07 Å². The maximum atomic E-state index is 14.5. The van der Waals surface area contributed by atoms with Gasteiger partial charge in [0.05, 0.1) is 30.5 Å². The molecule has 7 heteroatoms. The Balaban J connectivity index is 1.81. The van der Waals surface area contributed by atoms with Crippen LogP contribution >= 0.6 is 0 Å². The molecule has 1 atom stereocenters. The Labute approximate surface area is 146 Å². The van der Waals surface area contributed by atoms with Gasteiger partial charge in [0.15, 0.2) is 0 Å². The zero-order valence-electron chi connectivity index (χ0n) is 14.4. The molecule has 0 spiro atoms. The van der Waals surface area contributed by atoms with Crippen molar-refractivity contribution in [1.82, 2.24) is 9.78 Å². The molecule has 6 nitrogen and oxygen atoms in total. The van der Waals surface area contributed by atoms with Crippen LogP contribution in [0.2, 0.25) is 0 Å². The first-order valence-corrected chi connectivity index (χ1v) is 8.44. The number of anilines is 1. The monoisotopic (exact) mass is 347 g/mol. The second kappa shape index (κ2) is 7.65. The van der Waals surface area contributed by atoms with Crippen molar-refractivity contribution in [3.8, 4) is 0 Å². The molecule has 3 rings (SSSR count). The van der Waals surface area contributed by atoms with Crippen molar-refractivity contribution in [1.29, 1.82) is 0 Å². The highest BCUT2D eigenvalue weighted by molar-refractivity contribution is 5.89. The third-order valence-corrected chi connectivity index (χ3v) is 4.26. The second-order valence-corrected chi connectivity index (χ2v) is 5.90. The van der Waals surface area contributed by atoms with Gasteiger partial charge in [-0.05, 0) is 26.0 Å². The average molecular weight is 347 g/mol. The number of hydrogen-bond acceptors (Lipinski definition) is 5. The SMILES string of the molecule is CCn1cc(C(=O)O[C@@H](C)c2c(F)cccc2N2CCOCC2)cn1. The van der Waals surface area contributed by atoms with E-state index in [0.717, 1.165) is 5.69 Å². The largest absolute Gasteiger partial charge is 0.454 e. The number of rotatable bonds is 5.